The first kappa shape index (κ1) is 26.0. The van der Waals surface area contributed by atoms with Gasteiger partial charge in [-0.3, -0.25) is 0 Å². The highest BCUT2D eigenvalue weighted by molar-refractivity contribution is 6.00. The summed E-state index contributed by atoms with van der Waals surface area (Å²) in [6.07, 6.45) is -7.64. The Labute approximate surface area is 198 Å². The number of hydrogen-bond donors (Lipinski definition) is 0. The highest BCUT2D eigenvalue weighted by Gasteiger charge is 2.32. The summed E-state index contributed by atoms with van der Waals surface area (Å²) >= 11 is 0. The fraction of sp³-hybridized carbons (Fsp3) is 0.391. The maximum absolute atomic E-state index is 13.5. The first-order valence-electron chi connectivity index (χ1n) is 10.7. The van der Waals surface area contributed by atoms with Crippen molar-refractivity contribution in [1.82, 2.24) is 20.2 Å². The molecule has 0 radical (unpaired) electrons. The fourth-order valence-corrected chi connectivity index (χ4v) is 3.16. The molecular weight excluding hydrogens is 473 g/mol. The number of carbonyl (C=O) groups excluding carboxylic acids is 1. The second kappa shape index (κ2) is 9.96. The summed E-state index contributed by atoms with van der Waals surface area (Å²) in [6, 6.07) is 7.30. The molecule has 0 N–H and O–H groups in total. The van der Waals surface area contributed by atoms with E-state index in [0.29, 0.717) is 13.0 Å². The molecule has 3 aromatic rings. The highest BCUT2D eigenvalue weighted by Crippen LogP contribution is 2.38. The van der Waals surface area contributed by atoms with E-state index >= 15 is 0 Å². The van der Waals surface area contributed by atoms with E-state index in [1.807, 2.05) is 6.92 Å². The predicted molar refractivity (Wildman–Crippen MR) is 118 cm³/mol. The number of benzene rings is 2. The summed E-state index contributed by atoms with van der Waals surface area (Å²) in [6.45, 7) is 7.17. The van der Waals surface area contributed by atoms with Crippen LogP contribution in [0.3, 0.4) is 0 Å². The first-order valence-corrected chi connectivity index (χ1v) is 10.7. The molecule has 35 heavy (non-hydrogen) atoms. The van der Waals surface area contributed by atoms with Crippen LogP contribution in [0.25, 0.3) is 11.4 Å². The summed E-state index contributed by atoms with van der Waals surface area (Å²) in [5, 5.41) is 12.0. The van der Waals surface area contributed by atoms with Crippen molar-refractivity contribution in [2.75, 3.05) is 4.90 Å². The van der Waals surface area contributed by atoms with Gasteiger partial charge >= 0.3 is 12.3 Å². The third-order valence-corrected chi connectivity index (χ3v) is 4.66. The van der Waals surface area contributed by atoms with Crippen molar-refractivity contribution in [3.05, 3.63) is 53.6 Å². The van der Waals surface area contributed by atoms with Gasteiger partial charge in [0.15, 0.2) is 0 Å². The molecule has 0 aliphatic carbocycles. The normalized spacial score (nSPS) is 12.2. The van der Waals surface area contributed by atoms with Crippen molar-refractivity contribution in [2.45, 2.75) is 58.9 Å². The van der Waals surface area contributed by atoms with Crippen molar-refractivity contribution >= 4 is 17.5 Å². The van der Waals surface area contributed by atoms with E-state index < -0.39 is 29.9 Å². The SMILES string of the molecule is CCCn1nnc(-c2cc(C(F)F)ccc2N(C(=O)OC(C)(C)C)c2ccc(C(F)(F)F)cc2)n1. The van der Waals surface area contributed by atoms with Crippen LogP contribution in [0, 0.1) is 0 Å². The van der Waals surface area contributed by atoms with Gasteiger partial charge in [-0.15, -0.1) is 10.2 Å². The molecule has 1 heterocycles. The van der Waals surface area contributed by atoms with E-state index in [2.05, 4.69) is 15.4 Å². The van der Waals surface area contributed by atoms with Crippen molar-refractivity contribution in [2.24, 2.45) is 0 Å². The molecule has 0 unspecified atom stereocenters. The standard InChI is InChI=1S/C23H24F5N5O2/c1-5-12-32-30-20(29-31-32)17-13-14(19(24)25)6-11-18(17)33(21(34)35-22(2,3)4)16-9-7-15(8-10-16)23(26,27)28/h6-11,13,19H,5,12H2,1-4H3. The van der Waals surface area contributed by atoms with Crippen LogP contribution in [0.1, 0.15) is 51.7 Å². The topological polar surface area (TPSA) is 73.1 Å². The van der Waals surface area contributed by atoms with Crippen LogP contribution in [0.15, 0.2) is 42.5 Å². The zero-order valence-electron chi connectivity index (χ0n) is 19.5. The second-order valence-corrected chi connectivity index (χ2v) is 8.65. The Morgan fingerprint density at radius 2 is 1.74 bits per heavy atom. The van der Waals surface area contributed by atoms with Gasteiger partial charge in [-0.25, -0.2) is 18.5 Å². The molecule has 188 valence electrons. The van der Waals surface area contributed by atoms with E-state index in [4.69, 9.17) is 4.74 Å². The minimum absolute atomic E-state index is 0.0271. The number of carbonyl (C=O) groups is 1. The minimum Gasteiger partial charge on any atom is -0.443 e. The summed E-state index contributed by atoms with van der Waals surface area (Å²) in [7, 11) is 0. The van der Waals surface area contributed by atoms with Crippen molar-refractivity contribution in [3.63, 3.8) is 0 Å². The van der Waals surface area contributed by atoms with Gasteiger partial charge in [0.25, 0.3) is 6.43 Å². The number of alkyl halides is 5. The monoisotopic (exact) mass is 497 g/mol. The molecule has 1 aromatic heterocycles. The van der Waals surface area contributed by atoms with Gasteiger partial charge in [-0.1, -0.05) is 13.0 Å². The fourth-order valence-electron chi connectivity index (χ4n) is 3.16. The van der Waals surface area contributed by atoms with E-state index in [1.165, 1.54) is 10.9 Å². The number of aromatic nitrogens is 4. The quantitative estimate of drug-likeness (QED) is 0.351. The molecule has 0 saturated heterocycles. The van der Waals surface area contributed by atoms with E-state index in [-0.39, 0.29) is 28.3 Å². The maximum Gasteiger partial charge on any atom is 0.419 e. The lowest BCUT2D eigenvalue weighted by Gasteiger charge is -2.29. The Hall–Kier alpha value is -3.57. The molecule has 0 aliphatic rings. The van der Waals surface area contributed by atoms with Crippen LogP contribution in [0.5, 0.6) is 0 Å². The molecule has 0 fully saturated rings. The number of ether oxygens (including phenoxy) is 1. The number of nitrogens with zero attached hydrogens (tertiary/aromatic N) is 5. The van der Waals surface area contributed by atoms with Gasteiger partial charge in [-0.2, -0.15) is 18.0 Å². The van der Waals surface area contributed by atoms with Crippen LogP contribution < -0.4 is 4.90 Å². The van der Waals surface area contributed by atoms with Crippen molar-refractivity contribution < 1.29 is 31.5 Å². The van der Waals surface area contributed by atoms with Crippen molar-refractivity contribution in [1.29, 1.82) is 0 Å². The Balaban J connectivity index is 2.20. The van der Waals surface area contributed by atoms with Crippen LogP contribution >= 0.6 is 0 Å². The van der Waals surface area contributed by atoms with E-state index in [0.717, 1.165) is 41.3 Å². The molecule has 0 bridgehead atoms. The zero-order valence-corrected chi connectivity index (χ0v) is 19.5. The third-order valence-electron chi connectivity index (χ3n) is 4.66. The molecule has 0 atom stereocenters. The lowest BCUT2D eigenvalue weighted by Crippen LogP contribution is -2.34. The van der Waals surface area contributed by atoms with Gasteiger partial charge < -0.3 is 4.74 Å². The molecule has 0 aliphatic heterocycles. The minimum atomic E-state index is -4.58. The number of halogens is 5. The molecular formula is C23H24F5N5O2. The lowest BCUT2D eigenvalue weighted by atomic mass is 10.1. The third kappa shape index (κ3) is 6.31. The molecule has 1 amide bonds. The number of amides is 1. The predicted octanol–water partition coefficient (Wildman–Crippen LogP) is 6.78. The van der Waals surface area contributed by atoms with E-state index in [1.54, 1.807) is 20.8 Å². The Kier molecular flexibility index (Phi) is 7.41. The maximum atomic E-state index is 13.5. The summed E-state index contributed by atoms with van der Waals surface area (Å²) < 4.78 is 71.8. The number of aryl methyl sites for hydroxylation is 1. The summed E-state index contributed by atoms with van der Waals surface area (Å²) in [4.78, 5) is 15.5. The van der Waals surface area contributed by atoms with Gasteiger partial charge in [0.1, 0.15) is 5.60 Å². The molecule has 0 saturated carbocycles. The summed E-state index contributed by atoms with van der Waals surface area (Å²) in [5.41, 5.74) is -2.11. The average molecular weight is 497 g/mol. The Morgan fingerprint density at radius 3 is 2.29 bits per heavy atom. The Morgan fingerprint density at radius 1 is 1.09 bits per heavy atom. The molecule has 7 nitrogen and oxygen atoms in total. The number of hydrogen-bond acceptors (Lipinski definition) is 5. The molecule has 2 aromatic carbocycles. The van der Waals surface area contributed by atoms with Crippen LogP contribution in [-0.2, 0) is 17.5 Å². The zero-order chi connectivity index (χ0) is 26.0. The molecule has 12 heteroatoms. The van der Waals surface area contributed by atoms with E-state index in [9.17, 15) is 26.7 Å². The van der Waals surface area contributed by atoms with Gasteiger partial charge in [0.2, 0.25) is 5.82 Å². The van der Waals surface area contributed by atoms with Crippen molar-refractivity contribution in [3.8, 4) is 11.4 Å². The second-order valence-electron chi connectivity index (χ2n) is 8.65. The highest BCUT2D eigenvalue weighted by atomic mass is 19.4. The Bertz CT molecular complexity index is 1170. The average Bonchev–Trinajstić information content (AvgIpc) is 3.21. The van der Waals surface area contributed by atoms with Gasteiger partial charge in [0, 0.05) is 11.1 Å². The van der Waals surface area contributed by atoms with Gasteiger partial charge in [0.05, 0.1) is 23.5 Å². The lowest BCUT2D eigenvalue weighted by molar-refractivity contribution is -0.137. The molecule has 3 rings (SSSR count). The largest absolute Gasteiger partial charge is 0.443 e. The van der Waals surface area contributed by atoms with Gasteiger partial charge in [-0.05, 0) is 68.8 Å². The molecule has 0 spiro atoms. The van der Waals surface area contributed by atoms with Crippen LogP contribution in [0.4, 0.5) is 38.1 Å². The number of rotatable bonds is 6. The first-order chi connectivity index (χ1) is 16.3. The number of anilines is 2. The van der Waals surface area contributed by atoms with Crippen LogP contribution in [0.2, 0.25) is 0 Å². The smallest absolute Gasteiger partial charge is 0.419 e. The van der Waals surface area contributed by atoms with Crippen LogP contribution in [-0.4, -0.2) is 31.9 Å². The number of tetrazole rings is 1. The summed E-state index contributed by atoms with van der Waals surface area (Å²) in [5.74, 6) is -0.0311.